The van der Waals surface area contributed by atoms with Crippen molar-refractivity contribution in [3.8, 4) is 5.69 Å². The van der Waals surface area contributed by atoms with Gasteiger partial charge in [0.05, 0.1) is 28.1 Å². The molecule has 0 atom stereocenters. The van der Waals surface area contributed by atoms with E-state index in [0.29, 0.717) is 15.9 Å². The number of H-pyrrole nitrogens is 1. The summed E-state index contributed by atoms with van der Waals surface area (Å²) >= 11 is 3.31. The van der Waals surface area contributed by atoms with Crippen molar-refractivity contribution < 1.29 is 24.4 Å². The van der Waals surface area contributed by atoms with Gasteiger partial charge in [0.2, 0.25) is 0 Å². The molecule has 4 aromatic rings. The number of nitrogens with zero attached hydrogens (tertiary/aromatic N) is 3. The van der Waals surface area contributed by atoms with Crippen LogP contribution < -0.4 is 10.9 Å². The first kappa shape index (κ1) is 22.7. The summed E-state index contributed by atoms with van der Waals surface area (Å²) in [5.41, 5.74) is -0.695. The minimum absolute atomic E-state index is 0.0808. The number of rotatable bonds is 6. The molecular weight excluding hydrogens is 514 g/mol. The number of nitro benzene ring substituents is 1. The number of aromatic amines is 1. The molecule has 12 nitrogen and oxygen atoms in total. The third-order valence-electron chi connectivity index (χ3n) is 4.74. The van der Waals surface area contributed by atoms with Crippen LogP contribution in [0.15, 0.2) is 64.3 Å². The van der Waals surface area contributed by atoms with Crippen LogP contribution in [-0.4, -0.2) is 36.6 Å². The number of nitro groups is 1. The molecule has 2 heterocycles. The van der Waals surface area contributed by atoms with Crippen molar-refractivity contribution in [2.24, 2.45) is 0 Å². The monoisotopic (exact) mass is 527 g/mol. The maximum Gasteiger partial charge on any atom is 0.412 e. The van der Waals surface area contributed by atoms with Gasteiger partial charge in [-0.05, 0) is 40.2 Å². The number of carbonyl (C=O) groups is 2. The highest BCUT2D eigenvalue weighted by molar-refractivity contribution is 9.10. The Hall–Kier alpha value is -4.52. The number of hydrogen-bond acceptors (Lipinski definition) is 7. The molecule has 0 radical (unpaired) electrons. The van der Waals surface area contributed by atoms with Crippen LogP contribution in [-0.2, 0) is 11.3 Å². The number of hydrogen-bond donors (Lipinski definition) is 3. The van der Waals surface area contributed by atoms with Crippen molar-refractivity contribution in [1.29, 1.82) is 0 Å². The summed E-state index contributed by atoms with van der Waals surface area (Å²) in [5, 5.41) is 23.7. The van der Waals surface area contributed by atoms with Gasteiger partial charge < -0.3 is 14.8 Å². The Labute approximate surface area is 198 Å². The number of imidazole rings is 1. The molecule has 2 aromatic heterocycles. The topological polar surface area (TPSA) is 169 Å². The third kappa shape index (κ3) is 4.63. The Kier molecular flexibility index (Phi) is 6.10. The molecule has 3 N–H and O–H groups in total. The van der Waals surface area contributed by atoms with Crippen LogP contribution in [0, 0.1) is 10.1 Å². The second-order valence-corrected chi connectivity index (χ2v) is 7.81. The van der Waals surface area contributed by atoms with Crippen molar-refractivity contribution in [3.05, 3.63) is 91.2 Å². The summed E-state index contributed by atoms with van der Waals surface area (Å²) in [4.78, 5) is 52.7. The van der Waals surface area contributed by atoms with Crippen molar-refractivity contribution in [3.63, 3.8) is 0 Å². The van der Waals surface area contributed by atoms with E-state index in [1.54, 1.807) is 24.3 Å². The number of anilines is 1. The standard InChI is InChI=1S/C21H14BrN5O7/c22-14-3-1-2-4-15(14)25-21(31)34-9-12-8-26(10-23-12)17-6-11-5-13(20(29)30)19(28)24-16(11)7-18(17)27(32)33/h1-8,10H,9H2,(H,24,28)(H,25,31)(H,29,30). The zero-order chi connectivity index (χ0) is 24.4. The lowest BCUT2D eigenvalue weighted by atomic mass is 10.1. The molecule has 0 spiro atoms. The first-order valence-corrected chi connectivity index (χ1v) is 10.3. The van der Waals surface area contributed by atoms with Crippen LogP contribution >= 0.6 is 15.9 Å². The molecule has 0 aliphatic heterocycles. The molecule has 2 aromatic carbocycles. The smallest absolute Gasteiger partial charge is 0.412 e. The summed E-state index contributed by atoms with van der Waals surface area (Å²) in [6, 6.07) is 10.6. The van der Waals surface area contributed by atoms with Crippen LogP contribution in [0.3, 0.4) is 0 Å². The first-order valence-electron chi connectivity index (χ1n) is 9.53. The van der Waals surface area contributed by atoms with E-state index in [1.807, 2.05) is 0 Å². The quantitative estimate of drug-likeness (QED) is 0.251. The summed E-state index contributed by atoms with van der Waals surface area (Å²) in [6.45, 7) is -0.207. The van der Waals surface area contributed by atoms with Crippen LogP contribution in [0.2, 0.25) is 0 Å². The number of carbonyl (C=O) groups excluding carboxylic acids is 1. The molecular formula is C21H14BrN5O7. The Morgan fingerprint density at radius 3 is 2.74 bits per heavy atom. The minimum atomic E-state index is -1.43. The SMILES string of the molecule is O=C(Nc1ccccc1Br)OCc1cn(-c2cc3cc(C(=O)O)c(=O)[nH]c3cc2[N+](=O)[O-])cn1. The van der Waals surface area contributed by atoms with E-state index >= 15 is 0 Å². The van der Waals surface area contributed by atoms with Gasteiger partial charge in [-0.1, -0.05) is 12.1 Å². The largest absolute Gasteiger partial charge is 0.477 e. The van der Waals surface area contributed by atoms with E-state index in [1.165, 1.54) is 23.2 Å². The average molecular weight is 528 g/mol. The maximum atomic E-state index is 12.1. The van der Waals surface area contributed by atoms with Crippen molar-refractivity contribution in [2.75, 3.05) is 5.32 Å². The number of ether oxygens (including phenoxy) is 1. The lowest BCUT2D eigenvalue weighted by Crippen LogP contribution is -2.17. The number of aromatic nitrogens is 3. The number of benzene rings is 2. The number of amides is 1. The Morgan fingerprint density at radius 1 is 1.26 bits per heavy atom. The van der Waals surface area contributed by atoms with E-state index < -0.39 is 28.1 Å². The predicted molar refractivity (Wildman–Crippen MR) is 123 cm³/mol. The molecule has 0 aliphatic rings. The van der Waals surface area contributed by atoms with Gasteiger partial charge in [0, 0.05) is 22.1 Å². The Bertz CT molecular complexity index is 1510. The number of carboxylic acid groups (broad SMARTS) is 1. The Morgan fingerprint density at radius 2 is 2.03 bits per heavy atom. The summed E-state index contributed by atoms with van der Waals surface area (Å²) < 4.78 is 7.17. The molecule has 172 valence electrons. The highest BCUT2D eigenvalue weighted by Gasteiger charge is 2.20. The fourth-order valence-electron chi connectivity index (χ4n) is 3.16. The van der Waals surface area contributed by atoms with E-state index in [9.17, 15) is 29.6 Å². The highest BCUT2D eigenvalue weighted by atomic mass is 79.9. The van der Waals surface area contributed by atoms with E-state index in [4.69, 9.17) is 4.74 Å². The van der Waals surface area contributed by atoms with Gasteiger partial charge in [-0.25, -0.2) is 14.6 Å². The second-order valence-electron chi connectivity index (χ2n) is 6.96. The van der Waals surface area contributed by atoms with E-state index in [-0.39, 0.29) is 28.9 Å². The number of halogens is 1. The average Bonchev–Trinajstić information content (AvgIpc) is 3.26. The third-order valence-corrected chi connectivity index (χ3v) is 5.43. The lowest BCUT2D eigenvalue weighted by molar-refractivity contribution is -0.384. The predicted octanol–water partition coefficient (Wildman–Crippen LogP) is 3.83. The molecule has 0 bridgehead atoms. The van der Waals surface area contributed by atoms with Crippen molar-refractivity contribution in [1.82, 2.24) is 14.5 Å². The number of aromatic carboxylic acids is 1. The van der Waals surface area contributed by atoms with Gasteiger partial charge in [0.25, 0.3) is 11.2 Å². The van der Waals surface area contributed by atoms with Crippen LogP contribution in [0.25, 0.3) is 16.6 Å². The number of carboxylic acids is 1. The summed E-state index contributed by atoms with van der Waals surface area (Å²) in [6.07, 6.45) is 2.01. The number of para-hydroxylation sites is 1. The molecule has 13 heteroatoms. The minimum Gasteiger partial charge on any atom is -0.477 e. The van der Waals surface area contributed by atoms with Gasteiger partial charge in [-0.3, -0.25) is 24.8 Å². The normalized spacial score (nSPS) is 10.7. The number of pyridine rings is 1. The van der Waals surface area contributed by atoms with Crippen LogP contribution in [0.4, 0.5) is 16.2 Å². The molecule has 0 saturated heterocycles. The summed E-state index contributed by atoms with van der Waals surface area (Å²) in [7, 11) is 0. The van der Waals surface area contributed by atoms with Gasteiger partial charge in [0.1, 0.15) is 17.9 Å². The molecule has 0 saturated carbocycles. The molecule has 0 fully saturated rings. The van der Waals surface area contributed by atoms with E-state index in [2.05, 4.69) is 31.2 Å². The van der Waals surface area contributed by atoms with Gasteiger partial charge in [-0.2, -0.15) is 0 Å². The lowest BCUT2D eigenvalue weighted by Gasteiger charge is -2.08. The van der Waals surface area contributed by atoms with Crippen molar-refractivity contribution >= 4 is 50.3 Å². The van der Waals surface area contributed by atoms with Crippen LogP contribution in [0.1, 0.15) is 16.1 Å². The number of nitrogens with one attached hydrogen (secondary N) is 2. The van der Waals surface area contributed by atoms with E-state index in [0.717, 1.165) is 12.1 Å². The van der Waals surface area contributed by atoms with Crippen molar-refractivity contribution in [2.45, 2.75) is 6.61 Å². The zero-order valence-electron chi connectivity index (χ0n) is 17.0. The molecule has 0 aliphatic carbocycles. The molecule has 1 amide bonds. The number of fused-ring (bicyclic) bond motifs is 1. The fraction of sp³-hybridized carbons (Fsp3) is 0.0476. The van der Waals surface area contributed by atoms with Crippen LogP contribution in [0.5, 0.6) is 0 Å². The zero-order valence-corrected chi connectivity index (χ0v) is 18.6. The molecule has 0 unspecified atom stereocenters. The highest BCUT2D eigenvalue weighted by Crippen LogP contribution is 2.28. The van der Waals surface area contributed by atoms with Gasteiger partial charge >= 0.3 is 12.1 Å². The van der Waals surface area contributed by atoms with Gasteiger partial charge in [0.15, 0.2) is 0 Å². The maximum absolute atomic E-state index is 12.1. The molecule has 34 heavy (non-hydrogen) atoms. The Balaban J connectivity index is 1.59. The molecule has 4 rings (SSSR count). The van der Waals surface area contributed by atoms with Gasteiger partial charge in [-0.15, -0.1) is 0 Å². The summed E-state index contributed by atoms with van der Waals surface area (Å²) in [5.74, 6) is -1.43. The first-order chi connectivity index (χ1) is 16.2. The fourth-order valence-corrected chi connectivity index (χ4v) is 3.55. The second kappa shape index (κ2) is 9.15.